The largest absolute Gasteiger partial charge is 0.432 e. The minimum atomic E-state index is -2.87. The summed E-state index contributed by atoms with van der Waals surface area (Å²) in [6.45, 7) is -2.87. The van der Waals surface area contributed by atoms with Gasteiger partial charge in [0, 0.05) is 11.1 Å². The Labute approximate surface area is 108 Å². The van der Waals surface area contributed by atoms with Crippen LogP contribution in [0.5, 0.6) is 5.75 Å². The third kappa shape index (κ3) is 1.98. The molecular formula is C13H13F2N3O. The Bertz CT molecular complexity index is 631. The molecular weight excluding hydrogens is 252 g/mol. The predicted molar refractivity (Wildman–Crippen MR) is 68.2 cm³/mol. The molecule has 0 bridgehead atoms. The molecule has 0 aliphatic heterocycles. The first-order chi connectivity index (χ1) is 9.20. The van der Waals surface area contributed by atoms with Crippen molar-refractivity contribution in [2.75, 3.05) is 5.43 Å². The minimum Gasteiger partial charge on any atom is -0.432 e. The lowest BCUT2D eigenvalue weighted by atomic mass is 10.1. The number of rotatable bonds is 3. The van der Waals surface area contributed by atoms with E-state index in [1.807, 2.05) is 0 Å². The fraction of sp³-hybridized carbons (Fsp3) is 0.308. The minimum absolute atomic E-state index is 0.0821. The Kier molecular flexibility index (Phi) is 2.94. The lowest BCUT2D eigenvalue weighted by molar-refractivity contribution is -0.0489. The van der Waals surface area contributed by atoms with Gasteiger partial charge in [0.05, 0.1) is 5.69 Å². The zero-order chi connectivity index (χ0) is 13.4. The predicted octanol–water partition coefficient (Wildman–Crippen LogP) is 2.61. The van der Waals surface area contributed by atoms with Gasteiger partial charge in [-0.05, 0) is 30.9 Å². The monoisotopic (exact) mass is 265 g/mol. The number of halogens is 2. The second-order valence-electron chi connectivity index (χ2n) is 4.44. The van der Waals surface area contributed by atoms with E-state index in [9.17, 15) is 8.78 Å². The fourth-order valence-corrected chi connectivity index (χ4v) is 2.61. The van der Waals surface area contributed by atoms with Crippen LogP contribution in [0.15, 0.2) is 18.2 Å². The molecule has 100 valence electrons. The van der Waals surface area contributed by atoms with Crippen molar-refractivity contribution in [1.29, 1.82) is 0 Å². The van der Waals surface area contributed by atoms with Crippen molar-refractivity contribution in [2.24, 2.45) is 5.84 Å². The number of para-hydroxylation sites is 1. The number of hydrogen-bond acceptors (Lipinski definition) is 4. The Balaban J connectivity index is 2.26. The van der Waals surface area contributed by atoms with E-state index in [0.717, 1.165) is 36.2 Å². The van der Waals surface area contributed by atoms with Crippen LogP contribution in [0.2, 0.25) is 0 Å². The SMILES string of the molecule is NNc1c2c(nc3c(OC(F)F)cccc13)CCC2. The highest BCUT2D eigenvalue weighted by atomic mass is 19.3. The summed E-state index contributed by atoms with van der Waals surface area (Å²) < 4.78 is 29.4. The van der Waals surface area contributed by atoms with Crippen LogP contribution in [-0.2, 0) is 12.8 Å². The topological polar surface area (TPSA) is 60.2 Å². The van der Waals surface area contributed by atoms with Gasteiger partial charge in [0.1, 0.15) is 5.52 Å². The highest BCUT2D eigenvalue weighted by molar-refractivity contribution is 5.96. The highest BCUT2D eigenvalue weighted by Crippen LogP contribution is 2.37. The molecule has 1 aliphatic carbocycles. The number of ether oxygens (including phenoxy) is 1. The molecule has 4 nitrogen and oxygen atoms in total. The Morgan fingerprint density at radius 1 is 1.32 bits per heavy atom. The molecule has 3 rings (SSSR count). The Morgan fingerprint density at radius 2 is 2.16 bits per heavy atom. The van der Waals surface area contributed by atoms with Gasteiger partial charge in [-0.25, -0.2) is 4.98 Å². The number of hydrogen-bond donors (Lipinski definition) is 2. The standard InChI is InChI=1S/C13H13F2N3O/c14-13(15)19-10-6-2-4-8-11(18-16)7-3-1-5-9(7)17-12(8)10/h2,4,6,13H,1,3,5,16H2,(H,17,18). The molecule has 1 aliphatic rings. The van der Waals surface area contributed by atoms with Gasteiger partial charge in [-0.1, -0.05) is 12.1 Å². The van der Waals surface area contributed by atoms with E-state index in [1.54, 1.807) is 12.1 Å². The lowest BCUT2D eigenvalue weighted by Crippen LogP contribution is -2.11. The molecule has 0 unspecified atom stereocenters. The number of aryl methyl sites for hydroxylation is 1. The van der Waals surface area contributed by atoms with Crippen molar-refractivity contribution in [1.82, 2.24) is 4.98 Å². The zero-order valence-corrected chi connectivity index (χ0v) is 10.1. The van der Waals surface area contributed by atoms with E-state index in [4.69, 9.17) is 5.84 Å². The van der Waals surface area contributed by atoms with Crippen molar-refractivity contribution in [3.8, 4) is 5.75 Å². The quantitative estimate of drug-likeness (QED) is 0.661. The molecule has 0 saturated heterocycles. The van der Waals surface area contributed by atoms with Gasteiger partial charge in [0.15, 0.2) is 5.75 Å². The van der Waals surface area contributed by atoms with E-state index in [2.05, 4.69) is 15.1 Å². The molecule has 3 N–H and O–H groups in total. The number of anilines is 1. The van der Waals surface area contributed by atoms with Gasteiger partial charge >= 0.3 is 6.61 Å². The summed E-state index contributed by atoms with van der Waals surface area (Å²) in [7, 11) is 0. The summed E-state index contributed by atoms with van der Waals surface area (Å²) in [5.74, 6) is 5.66. The van der Waals surface area contributed by atoms with Gasteiger partial charge in [-0.3, -0.25) is 5.84 Å². The summed E-state index contributed by atoms with van der Waals surface area (Å²) in [5, 5.41) is 0.710. The van der Waals surface area contributed by atoms with Crippen LogP contribution in [0.3, 0.4) is 0 Å². The number of hydrazine groups is 1. The van der Waals surface area contributed by atoms with E-state index in [-0.39, 0.29) is 5.75 Å². The molecule has 19 heavy (non-hydrogen) atoms. The number of benzene rings is 1. The van der Waals surface area contributed by atoms with Crippen molar-refractivity contribution < 1.29 is 13.5 Å². The molecule has 0 atom stereocenters. The zero-order valence-electron chi connectivity index (χ0n) is 10.1. The van der Waals surface area contributed by atoms with Crippen molar-refractivity contribution in [3.63, 3.8) is 0 Å². The highest BCUT2D eigenvalue weighted by Gasteiger charge is 2.21. The van der Waals surface area contributed by atoms with Gasteiger partial charge in [-0.2, -0.15) is 8.78 Å². The first-order valence-corrected chi connectivity index (χ1v) is 6.06. The van der Waals surface area contributed by atoms with Gasteiger partial charge in [0.2, 0.25) is 0 Å². The van der Waals surface area contributed by atoms with E-state index < -0.39 is 6.61 Å². The normalized spacial score (nSPS) is 13.9. The number of nitrogen functional groups attached to an aromatic ring is 1. The first-order valence-electron chi connectivity index (χ1n) is 6.06. The van der Waals surface area contributed by atoms with Crippen molar-refractivity contribution >= 4 is 16.6 Å². The van der Waals surface area contributed by atoms with Crippen LogP contribution in [0.25, 0.3) is 10.9 Å². The van der Waals surface area contributed by atoms with Crippen LogP contribution in [0.1, 0.15) is 17.7 Å². The number of nitrogens with two attached hydrogens (primary N) is 1. The van der Waals surface area contributed by atoms with E-state index >= 15 is 0 Å². The first kappa shape index (κ1) is 12.1. The maximum absolute atomic E-state index is 12.4. The van der Waals surface area contributed by atoms with Gasteiger partial charge in [-0.15, -0.1) is 0 Å². The molecule has 6 heteroatoms. The van der Waals surface area contributed by atoms with Crippen molar-refractivity contribution in [3.05, 3.63) is 29.5 Å². The summed E-state index contributed by atoms with van der Waals surface area (Å²) >= 11 is 0. The molecule has 1 aromatic heterocycles. The maximum Gasteiger partial charge on any atom is 0.387 e. The summed E-state index contributed by atoms with van der Waals surface area (Å²) in [6.07, 6.45) is 2.74. The number of nitrogens with zero attached hydrogens (tertiary/aromatic N) is 1. The van der Waals surface area contributed by atoms with E-state index in [1.165, 1.54) is 6.07 Å². The average molecular weight is 265 g/mol. The van der Waals surface area contributed by atoms with Crippen LogP contribution in [0, 0.1) is 0 Å². The van der Waals surface area contributed by atoms with E-state index in [0.29, 0.717) is 10.9 Å². The summed E-state index contributed by atoms with van der Waals surface area (Å²) in [4.78, 5) is 4.46. The molecule has 2 aromatic rings. The van der Waals surface area contributed by atoms with Gasteiger partial charge in [0.25, 0.3) is 0 Å². The molecule has 1 heterocycles. The second-order valence-corrected chi connectivity index (χ2v) is 4.44. The second kappa shape index (κ2) is 4.62. The molecule has 0 spiro atoms. The van der Waals surface area contributed by atoms with Crippen LogP contribution in [0.4, 0.5) is 14.5 Å². The van der Waals surface area contributed by atoms with Crippen molar-refractivity contribution in [2.45, 2.75) is 25.9 Å². The smallest absolute Gasteiger partial charge is 0.387 e. The number of alkyl halides is 2. The number of aromatic nitrogens is 1. The maximum atomic E-state index is 12.4. The number of pyridine rings is 1. The summed E-state index contributed by atoms with van der Waals surface area (Å²) in [5.41, 5.74) is 5.84. The molecule has 0 saturated carbocycles. The number of nitrogens with one attached hydrogen (secondary N) is 1. The lowest BCUT2D eigenvalue weighted by Gasteiger charge is -2.14. The Morgan fingerprint density at radius 3 is 2.89 bits per heavy atom. The van der Waals surface area contributed by atoms with Crippen LogP contribution < -0.4 is 16.0 Å². The van der Waals surface area contributed by atoms with Crippen LogP contribution in [-0.4, -0.2) is 11.6 Å². The Hall–Kier alpha value is -1.95. The molecule has 0 radical (unpaired) electrons. The third-order valence-corrected chi connectivity index (χ3v) is 3.37. The molecule has 0 fully saturated rings. The summed E-state index contributed by atoms with van der Waals surface area (Å²) in [6, 6.07) is 4.95. The van der Waals surface area contributed by atoms with Gasteiger partial charge < -0.3 is 10.2 Å². The fourth-order valence-electron chi connectivity index (χ4n) is 2.61. The number of fused-ring (bicyclic) bond motifs is 2. The third-order valence-electron chi connectivity index (χ3n) is 3.37. The molecule has 1 aromatic carbocycles. The average Bonchev–Trinajstić information content (AvgIpc) is 2.84. The van der Waals surface area contributed by atoms with Crippen LogP contribution >= 0.6 is 0 Å². The molecule has 0 amide bonds.